The van der Waals surface area contributed by atoms with Crippen molar-refractivity contribution in [3.63, 3.8) is 0 Å². The van der Waals surface area contributed by atoms with Gasteiger partial charge >= 0.3 is 5.97 Å². The minimum atomic E-state index is -0.0186. The zero-order chi connectivity index (χ0) is 8.43. The zero-order valence-corrected chi connectivity index (χ0v) is 7.46. The molecule has 11 heavy (non-hydrogen) atoms. The standard InChI is InChI=1S/C9H16O2/c1-6(2)7-4-5-8(7)9(10)11-3/h6-8H,4-5H2,1-3H3/t7-,8+/m0/s1. The summed E-state index contributed by atoms with van der Waals surface area (Å²) < 4.78 is 4.70. The largest absolute Gasteiger partial charge is 0.469 e. The number of ether oxygens (including phenoxy) is 1. The molecule has 0 unspecified atom stereocenters. The van der Waals surface area contributed by atoms with E-state index >= 15 is 0 Å². The maximum Gasteiger partial charge on any atom is 0.308 e. The van der Waals surface area contributed by atoms with Gasteiger partial charge in [0, 0.05) is 0 Å². The van der Waals surface area contributed by atoms with Crippen molar-refractivity contribution in [1.82, 2.24) is 0 Å². The van der Waals surface area contributed by atoms with Gasteiger partial charge in [-0.25, -0.2) is 0 Å². The molecule has 2 atom stereocenters. The van der Waals surface area contributed by atoms with E-state index in [-0.39, 0.29) is 11.9 Å². The van der Waals surface area contributed by atoms with E-state index in [2.05, 4.69) is 13.8 Å². The second-order valence-corrected chi connectivity index (χ2v) is 3.61. The van der Waals surface area contributed by atoms with Gasteiger partial charge in [-0.05, 0) is 24.7 Å². The van der Waals surface area contributed by atoms with Crippen LogP contribution in [0, 0.1) is 17.8 Å². The maximum atomic E-state index is 11.1. The molecular formula is C9H16O2. The second-order valence-electron chi connectivity index (χ2n) is 3.61. The van der Waals surface area contributed by atoms with E-state index in [0.29, 0.717) is 11.8 Å². The van der Waals surface area contributed by atoms with Crippen molar-refractivity contribution in [2.75, 3.05) is 7.11 Å². The predicted octanol–water partition coefficient (Wildman–Crippen LogP) is 1.84. The van der Waals surface area contributed by atoms with Crippen LogP contribution in [0.15, 0.2) is 0 Å². The molecule has 1 rings (SSSR count). The number of carbonyl (C=O) groups is 1. The van der Waals surface area contributed by atoms with E-state index in [0.717, 1.165) is 6.42 Å². The SMILES string of the molecule is COC(=O)[C@@H]1CC[C@H]1C(C)C. The lowest BCUT2D eigenvalue weighted by Crippen LogP contribution is -2.36. The molecule has 1 aliphatic carbocycles. The van der Waals surface area contributed by atoms with E-state index in [1.807, 2.05) is 0 Å². The first-order chi connectivity index (χ1) is 5.16. The highest BCUT2D eigenvalue weighted by Gasteiger charge is 2.38. The van der Waals surface area contributed by atoms with Gasteiger partial charge in [-0.2, -0.15) is 0 Å². The molecule has 0 bridgehead atoms. The zero-order valence-electron chi connectivity index (χ0n) is 7.46. The van der Waals surface area contributed by atoms with Crippen molar-refractivity contribution in [3.05, 3.63) is 0 Å². The molecule has 0 aliphatic heterocycles. The molecule has 0 heterocycles. The number of hydrogen-bond acceptors (Lipinski definition) is 2. The van der Waals surface area contributed by atoms with E-state index in [9.17, 15) is 4.79 Å². The van der Waals surface area contributed by atoms with Crippen LogP contribution in [0.2, 0.25) is 0 Å². The van der Waals surface area contributed by atoms with Gasteiger partial charge in [-0.3, -0.25) is 4.79 Å². The van der Waals surface area contributed by atoms with E-state index in [1.54, 1.807) is 0 Å². The van der Waals surface area contributed by atoms with Crippen LogP contribution >= 0.6 is 0 Å². The van der Waals surface area contributed by atoms with Gasteiger partial charge in [-0.15, -0.1) is 0 Å². The number of hydrogen-bond donors (Lipinski definition) is 0. The lowest BCUT2D eigenvalue weighted by Gasteiger charge is -2.37. The smallest absolute Gasteiger partial charge is 0.308 e. The van der Waals surface area contributed by atoms with E-state index in [1.165, 1.54) is 13.5 Å². The topological polar surface area (TPSA) is 26.3 Å². The summed E-state index contributed by atoms with van der Waals surface area (Å²) in [6.07, 6.45) is 2.22. The summed E-state index contributed by atoms with van der Waals surface area (Å²) in [6, 6.07) is 0. The molecule has 0 spiro atoms. The molecule has 0 amide bonds. The van der Waals surface area contributed by atoms with Crippen molar-refractivity contribution < 1.29 is 9.53 Å². The summed E-state index contributed by atoms with van der Waals surface area (Å²) in [4.78, 5) is 11.1. The fourth-order valence-electron chi connectivity index (χ4n) is 1.77. The Morgan fingerprint density at radius 2 is 2.09 bits per heavy atom. The third-order valence-corrected chi connectivity index (χ3v) is 2.69. The number of rotatable bonds is 2. The third-order valence-electron chi connectivity index (χ3n) is 2.69. The van der Waals surface area contributed by atoms with Gasteiger partial charge in [-0.1, -0.05) is 13.8 Å². The Balaban J connectivity index is 2.43. The van der Waals surface area contributed by atoms with Crippen molar-refractivity contribution in [3.8, 4) is 0 Å². The first kappa shape index (κ1) is 8.57. The Labute approximate surface area is 67.9 Å². The van der Waals surface area contributed by atoms with Crippen LogP contribution in [0.1, 0.15) is 26.7 Å². The van der Waals surface area contributed by atoms with Gasteiger partial charge in [0.25, 0.3) is 0 Å². The Morgan fingerprint density at radius 3 is 2.36 bits per heavy atom. The molecule has 1 saturated carbocycles. The maximum absolute atomic E-state index is 11.1. The van der Waals surface area contributed by atoms with Crippen LogP contribution in [0.25, 0.3) is 0 Å². The van der Waals surface area contributed by atoms with Gasteiger partial charge in [0.05, 0.1) is 13.0 Å². The minimum Gasteiger partial charge on any atom is -0.469 e. The molecule has 1 fully saturated rings. The van der Waals surface area contributed by atoms with Crippen LogP contribution in [0.5, 0.6) is 0 Å². The summed E-state index contributed by atoms with van der Waals surface area (Å²) in [5, 5.41) is 0. The molecule has 0 radical (unpaired) electrons. The molecule has 1 aliphatic rings. The highest BCUT2D eigenvalue weighted by atomic mass is 16.5. The first-order valence-corrected chi connectivity index (χ1v) is 4.24. The van der Waals surface area contributed by atoms with E-state index in [4.69, 9.17) is 4.74 Å². The average molecular weight is 156 g/mol. The first-order valence-electron chi connectivity index (χ1n) is 4.24. The fraction of sp³-hybridized carbons (Fsp3) is 0.889. The van der Waals surface area contributed by atoms with E-state index < -0.39 is 0 Å². The van der Waals surface area contributed by atoms with Crippen LogP contribution in [0.3, 0.4) is 0 Å². The molecule has 0 aromatic heterocycles. The summed E-state index contributed by atoms with van der Waals surface area (Å²) in [5.41, 5.74) is 0. The second kappa shape index (κ2) is 3.24. The molecule has 0 aromatic rings. The summed E-state index contributed by atoms with van der Waals surface area (Å²) in [6.45, 7) is 4.33. The molecule has 64 valence electrons. The molecular weight excluding hydrogens is 140 g/mol. The summed E-state index contributed by atoms with van der Waals surface area (Å²) in [5.74, 6) is 1.37. The van der Waals surface area contributed by atoms with Gasteiger partial charge in [0.15, 0.2) is 0 Å². The molecule has 2 heteroatoms. The Bertz CT molecular complexity index is 152. The van der Waals surface area contributed by atoms with Crippen LogP contribution in [0.4, 0.5) is 0 Å². The molecule has 0 aromatic carbocycles. The number of esters is 1. The molecule has 0 N–H and O–H groups in total. The lowest BCUT2D eigenvalue weighted by molar-refractivity contribution is -0.152. The molecule has 2 nitrogen and oxygen atoms in total. The van der Waals surface area contributed by atoms with Crippen molar-refractivity contribution in [2.45, 2.75) is 26.7 Å². The summed E-state index contributed by atoms with van der Waals surface area (Å²) >= 11 is 0. The van der Waals surface area contributed by atoms with Crippen molar-refractivity contribution in [2.24, 2.45) is 17.8 Å². The van der Waals surface area contributed by atoms with Crippen LogP contribution in [-0.2, 0) is 9.53 Å². The Hall–Kier alpha value is -0.530. The van der Waals surface area contributed by atoms with Crippen LogP contribution in [-0.4, -0.2) is 13.1 Å². The highest BCUT2D eigenvalue weighted by Crippen LogP contribution is 2.39. The Kier molecular flexibility index (Phi) is 2.53. The number of methoxy groups -OCH3 is 1. The van der Waals surface area contributed by atoms with Gasteiger partial charge < -0.3 is 4.74 Å². The monoisotopic (exact) mass is 156 g/mol. The van der Waals surface area contributed by atoms with Crippen LogP contribution < -0.4 is 0 Å². The normalized spacial score (nSPS) is 29.8. The van der Waals surface area contributed by atoms with Gasteiger partial charge in [0.2, 0.25) is 0 Å². The highest BCUT2D eigenvalue weighted by molar-refractivity contribution is 5.73. The Morgan fingerprint density at radius 1 is 1.45 bits per heavy atom. The predicted molar refractivity (Wildman–Crippen MR) is 43.1 cm³/mol. The van der Waals surface area contributed by atoms with Crippen molar-refractivity contribution in [1.29, 1.82) is 0 Å². The molecule has 0 saturated heterocycles. The lowest BCUT2D eigenvalue weighted by atomic mass is 9.68. The third kappa shape index (κ3) is 1.55. The number of carbonyl (C=O) groups excluding carboxylic acids is 1. The average Bonchev–Trinajstić information content (AvgIpc) is 1.83. The quantitative estimate of drug-likeness (QED) is 0.570. The van der Waals surface area contributed by atoms with Gasteiger partial charge in [0.1, 0.15) is 0 Å². The van der Waals surface area contributed by atoms with Crippen molar-refractivity contribution >= 4 is 5.97 Å². The summed E-state index contributed by atoms with van der Waals surface area (Å²) in [7, 11) is 1.47. The fourth-order valence-corrected chi connectivity index (χ4v) is 1.77. The minimum absolute atomic E-state index is 0.0186.